The number of hydrogen-bond acceptors (Lipinski definition) is 1. The van der Waals surface area contributed by atoms with Gasteiger partial charge in [-0.25, -0.2) is 0 Å². The van der Waals surface area contributed by atoms with Crippen LogP contribution in [0.5, 0.6) is 0 Å². The zero-order valence-corrected chi connectivity index (χ0v) is 12.2. The Hall–Kier alpha value is -0.830. The first-order chi connectivity index (χ1) is 8.78. The highest BCUT2D eigenvalue weighted by Crippen LogP contribution is 2.29. The van der Waals surface area contributed by atoms with Crippen LogP contribution in [-0.2, 0) is 11.2 Å². The molecule has 1 amide bonds. The molecule has 1 N–H and O–H groups in total. The maximum Gasteiger partial charge on any atom is 0.220 e. The van der Waals surface area contributed by atoms with E-state index in [1.165, 1.54) is 24.8 Å². The smallest absolute Gasteiger partial charge is 0.220 e. The number of halogens is 1. The van der Waals surface area contributed by atoms with Gasteiger partial charge in [0.15, 0.2) is 0 Å². The van der Waals surface area contributed by atoms with Gasteiger partial charge in [0.1, 0.15) is 0 Å². The molecule has 1 aliphatic rings. The van der Waals surface area contributed by atoms with Gasteiger partial charge in [-0.3, -0.25) is 4.79 Å². The summed E-state index contributed by atoms with van der Waals surface area (Å²) in [6.45, 7) is 0. The van der Waals surface area contributed by atoms with Crippen molar-refractivity contribution in [2.24, 2.45) is 5.92 Å². The molecule has 98 valence electrons. The van der Waals surface area contributed by atoms with Crippen LogP contribution in [0.2, 0.25) is 0 Å². The number of carbonyl (C=O) groups excluding carboxylic acids is 1. The molecule has 2 nitrogen and oxygen atoms in total. The van der Waals surface area contributed by atoms with Crippen molar-refractivity contribution >= 4 is 21.8 Å². The summed E-state index contributed by atoms with van der Waals surface area (Å²) in [7, 11) is 0. The highest BCUT2D eigenvalue weighted by molar-refractivity contribution is 9.09. The molecule has 1 aromatic carbocycles. The Morgan fingerprint density at radius 3 is 2.61 bits per heavy atom. The Kier molecular flexibility index (Phi) is 5.24. The molecule has 0 heterocycles. The molecule has 1 aromatic rings. The summed E-state index contributed by atoms with van der Waals surface area (Å²) >= 11 is 3.48. The lowest BCUT2D eigenvalue weighted by Gasteiger charge is -2.25. The number of rotatable bonds is 6. The van der Waals surface area contributed by atoms with E-state index in [9.17, 15) is 4.79 Å². The first-order valence-electron chi connectivity index (χ1n) is 6.67. The van der Waals surface area contributed by atoms with E-state index in [0.717, 1.165) is 11.8 Å². The second-order valence-electron chi connectivity index (χ2n) is 5.11. The maximum atomic E-state index is 11.9. The van der Waals surface area contributed by atoms with Crippen LogP contribution in [0.25, 0.3) is 0 Å². The van der Waals surface area contributed by atoms with E-state index >= 15 is 0 Å². The van der Waals surface area contributed by atoms with Crippen molar-refractivity contribution in [3.8, 4) is 0 Å². The average Bonchev–Trinajstić information content (AvgIpc) is 2.34. The van der Waals surface area contributed by atoms with Crippen LogP contribution in [0.15, 0.2) is 30.3 Å². The van der Waals surface area contributed by atoms with Crippen molar-refractivity contribution < 1.29 is 4.79 Å². The lowest BCUT2D eigenvalue weighted by atomic mass is 9.83. The molecule has 0 spiro atoms. The van der Waals surface area contributed by atoms with Gasteiger partial charge in [0.25, 0.3) is 0 Å². The fourth-order valence-electron chi connectivity index (χ4n) is 2.29. The van der Waals surface area contributed by atoms with E-state index in [1.807, 2.05) is 18.2 Å². The summed E-state index contributed by atoms with van der Waals surface area (Å²) in [4.78, 5) is 11.9. The summed E-state index contributed by atoms with van der Waals surface area (Å²) in [6.07, 6.45) is 5.35. The molecular formula is C15H20BrNO. The van der Waals surface area contributed by atoms with E-state index in [-0.39, 0.29) is 11.9 Å². The van der Waals surface area contributed by atoms with E-state index in [4.69, 9.17) is 0 Å². The number of alkyl halides is 1. The predicted molar refractivity (Wildman–Crippen MR) is 77.8 cm³/mol. The van der Waals surface area contributed by atoms with Crippen molar-refractivity contribution in [3.05, 3.63) is 35.9 Å². The highest BCUT2D eigenvalue weighted by Gasteiger charge is 2.21. The van der Waals surface area contributed by atoms with Crippen LogP contribution < -0.4 is 5.32 Å². The number of amides is 1. The monoisotopic (exact) mass is 309 g/mol. The molecule has 0 aliphatic heterocycles. The zero-order chi connectivity index (χ0) is 12.8. The van der Waals surface area contributed by atoms with Gasteiger partial charge in [0, 0.05) is 17.8 Å². The largest absolute Gasteiger partial charge is 0.352 e. The van der Waals surface area contributed by atoms with Gasteiger partial charge in [-0.05, 0) is 30.7 Å². The second kappa shape index (κ2) is 6.93. The van der Waals surface area contributed by atoms with Crippen LogP contribution in [0.1, 0.15) is 31.2 Å². The molecule has 2 rings (SSSR count). The Bertz CT molecular complexity index is 375. The molecule has 1 unspecified atom stereocenters. The zero-order valence-electron chi connectivity index (χ0n) is 10.6. The predicted octanol–water partition coefficient (Wildman–Crippen LogP) is 3.30. The summed E-state index contributed by atoms with van der Waals surface area (Å²) < 4.78 is 0. The minimum Gasteiger partial charge on any atom is -0.352 e. The van der Waals surface area contributed by atoms with E-state index in [2.05, 4.69) is 33.4 Å². The van der Waals surface area contributed by atoms with Crippen LogP contribution in [0.3, 0.4) is 0 Å². The molecule has 0 radical (unpaired) electrons. The highest BCUT2D eigenvalue weighted by atomic mass is 79.9. The molecule has 0 saturated heterocycles. The standard InChI is InChI=1S/C15H20BrNO/c16-11-14(9-12-5-2-1-3-6-12)17-15(18)10-13-7-4-8-13/h1-3,5-6,13-14H,4,7-11H2,(H,17,18). The normalized spacial score (nSPS) is 16.9. The van der Waals surface area contributed by atoms with Crippen molar-refractivity contribution in [1.29, 1.82) is 0 Å². The Morgan fingerprint density at radius 1 is 1.33 bits per heavy atom. The third-order valence-corrected chi connectivity index (χ3v) is 4.36. The first-order valence-corrected chi connectivity index (χ1v) is 7.79. The van der Waals surface area contributed by atoms with Gasteiger partial charge in [-0.15, -0.1) is 0 Å². The van der Waals surface area contributed by atoms with Crippen LogP contribution in [0.4, 0.5) is 0 Å². The van der Waals surface area contributed by atoms with E-state index in [1.54, 1.807) is 0 Å². The second-order valence-corrected chi connectivity index (χ2v) is 5.76. The van der Waals surface area contributed by atoms with Crippen molar-refractivity contribution in [1.82, 2.24) is 5.32 Å². The topological polar surface area (TPSA) is 29.1 Å². The molecule has 1 fully saturated rings. The molecule has 1 saturated carbocycles. The summed E-state index contributed by atoms with van der Waals surface area (Å²) in [5.41, 5.74) is 1.27. The summed E-state index contributed by atoms with van der Waals surface area (Å²) in [5, 5.41) is 3.93. The fraction of sp³-hybridized carbons (Fsp3) is 0.533. The fourth-order valence-corrected chi connectivity index (χ4v) is 2.68. The average molecular weight is 310 g/mol. The van der Waals surface area contributed by atoms with Gasteiger partial charge in [0.2, 0.25) is 5.91 Å². The Morgan fingerprint density at radius 2 is 2.06 bits per heavy atom. The lowest BCUT2D eigenvalue weighted by Crippen LogP contribution is -2.39. The minimum atomic E-state index is 0.194. The molecule has 1 atom stereocenters. The number of hydrogen-bond donors (Lipinski definition) is 1. The van der Waals surface area contributed by atoms with Crippen LogP contribution in [0, 0.1) is 5.92 Å². The van der Waals surface area contributed by atoms with Crippen molar-refractivity contribution in [2.45, 2.75) is 38.1 Å². The Balaban J connectivity index is 1.79. The minimum absolute atomic E-state index is 0.194. The summed E-state index contributed by atoms with van der Waals surface area (Å²) in [6, 6.07) is 10.5. The molecular weight excluding hydrogens is 290 g/mol. The summed E-state index contributed by atoms with van der Waals surface area (Å²) in [5.74, 6) is 0.845. The number of benzene rings is 1. The third kappa shape index (κ3) is 4.13. The van der Waals surface area contributed by atoms with E-state index < -0.39 is 0 Å². The van der Waals surface area contributed by atoms with Gasteiger partial charge in [-0.1, -0.05) is 52.7 Å². The molecule has 3 heteroatoms. The van der Waals surface area contributed by atoms with E-state index in [0.29, 0.717) is 12.3 Å². The van der Waals surface area contributed by atoms with Crippen LogP contribution in [-0.4, -0.2) is 17.3 Å². The quantitative estimate of drug-likeness (QED) is 0.803. The van der Waals surface area contributed by atoms with Gasteiger partial charge < -0.3 is 5.32 Å². The SMILES string of the molecule is O=C(CC1CCC1)NC(CBr)Cc1ccccc1. The number of nitrogens with one attached hydrogen (secondary N) is 1. The molecule has 0 bridgehead atoms. The van der Waals surface area contributed by atoms with Crippen molar-refractivity contribution in [3.63, 3.8) is 0 Å². The third-order valence-electron chi connectivity index (χ3n) is 3.58. The lowest BCUT2D eigenvalue weighted by molar-refractivity contribution is -0.123. The Labute approximate surface area is 117 Å². The van der Waals surface area contributed by atoms with Crippen LogP contribution >= 0.6 is 15.9 Å². The van der Waals surface area contributed by atoms with Crippen molar-refractivity contribution in [2.75, 3.05) is 5.33 Å². The van der Waals surface area contributed by atoms with Gasteiger partial charge >= 0.3 is 0 Å². The molecule has 1 aliphatic carbocycles. The maximum absolute atomic E-state index is 11.9. The van der Waals surface area contributed by atoms with Gasteiger partial charge in [-0.2, -0.15) is 0 Å². The molecule has 0 aromatic heterocycles. The van der Waals surface area contributed by atoms with Gasteiger partial charge in [0.05, 0.1) is 0 Å². The first kappa shape index (κ1) is 13.6. The molecule has 18 heavy (non-hydrogen) atoms. The number of carbonyl (C=O) groups is 1.